The van der Waals surface area contributed by atoms with Gasteiger partial charge in [0.05, 0.1) is 0 Å². The van der Waals surface area contributed by atoms with Gasteiger partial charge in [0.1, 0.15) is 5.82 Å². The van der Waals surface area contributed by atoms with Crippen LogP contribution in [0, 0.1) is 5.82 Å². The number of benzene rings is 1. The van der Waals surface area contributed by atoms with Crippen molar-refractivity contribution in [2.45, 2.75) is 19.0 Å². The summed E-state index contributed by atoms with van der Waals surface area (Å²) in [6, 6.07) is 5.91. The molecule has 0 saturated carbocycles. The van der Waals surface area contributed by atoms with Crippen molar-refractivity contribution in [3.63, 3.8) is 0 Å². The van der Waals surface area contributed by atoms with Gasteiger partial charge in [-0.2, -0.15) is 0 Å². The van der Waals surface area contributed by atoms with E-state index in [1.807, 2.05) is 12.1 Å². The predicted octanol–water partition coefficient (Wildman–Crippen LogP) is 2.72. The molecule has 1 heterocycles. The highest BCUT2D eigenvalue weighted by molar-refractivity contribution is 9.10. The molecule has 0 amide bonds. The van der Waals surface area contributed by atoms with Crippen molar-refractivity contribution in [1.29, 1.82) is 0 Å². The molecule has 1 atom stereocenters. The van der Waals surface area contributed by atoms with Crippen LogP contribution in [0.4, 0.5) is 4.39 Å². The van der Waals surface area contributed by atoms with E-state index in [1.54, 1.807) is 0 Å². The zero-order valence-electron chi connectivity index (χ0n) is 10.3. The Morgan fingerprint density at radius 1 is 1.47 bits per heavy atom. The van der Waals surface area contributed by atoms with Crippen molar-refractivity contribution in [1.82, 2.24) is 9.80 Å². The largest absolute Gasteiger partial charge is 0.305 e. The first-order valence-electron chi connectivity index (χ1n) is 5.89. The highest BCUT2D eigenvalue weighted by Crippen LogP contribution is 2.20. The summed E-state index contributed by atoms with van der Waals surface area (Å²) in [6.45, 7) is 2.80. The van der Waals surface area contributed by atoms with Gasteiger partial charge in [-0.3, -0.25) is 4.90 Å². The number of halogens is 2. The predicted molar refractivity (Wildman–Crippen MR) is 71.5 cm³/mol. The molecule has 1 fully saturated rings. The van der Waals surface area contributed by atoms with E-state index in [4.69, 9.17) is 0 Å². The van der Waals surface area contributed by atoms with Gasteiger partial charge in [-0.25, -0.2) is 4.39 Å². The summed E-state index contributed by atoms with van der Waals surface area (Å²) in [6.07, 6.45) is 1.17. The third kappa shape index (κ3) is 3.27. The summed E-state index contributed by atoms with van der Waals surface area (Å²) in [7, 11) is 4.21. The van der Waals surface area contributed by atoms with E-state index < -0.39 is 0 Å². The molecular formula is C13H18BrFN2. The molecule has 0 radical (unpaired) electrons. The number of hydrogen-bond acceptors (Lipinski definition) is 2. The SMILES string of the molecule is CN(C)C1CCN(Cc2ccc(Br)cc2F)C1. The number of nitrogens with zero attached hydrogens (tertiary/aromatic N) is 2. The van der Waals surface area contributed by atoms with Gasteiger partial charge in [0.15, 0.2) is 0 Å². The average molecular weight is 301 g/mol. The van der Waals surface area contributed by atoms with Crippen molar-refractivity contribution >= 4 is 15.9 Å². The van der Waals surface area contributed by atoms with E-state index in [9.17, 15) is 4.39 Å². The lowest BCUT2D eigenvalue weighted by molar-refractivity contribution is 0.263. The summed E-state index contributed by atoms with van der Waals surface area (Å²) >= 11 is 3.28. The molecule has 0 spiro atoms. The molecule has 1 aromatic carbocycles. The van der Waals surface area contributed by atoms with Crippen LogP contribution in [0.3, 0.4) is 0 Å². The Balaban J connectivity index is 1.98. The third-order valence-electron chi connectivity index (χ3n) is 3.39. The van der Waals surface area contributed by atoms with E-state index >= 15 is 0 Å². The molecule has 4 heteroatoms. The zero-order chi connectivity index (χ0) is 12.4. The molecule has 0 aliphatic carbocycles. The number of likely N-dealkylation sites (tertiary alicyclic amines) is 1. The minimum absolute atomic E-state index is 0.118. The first-order valence-corrected chi connectivity index (χ1v) is 6.68. The highest BCUT2D eigenvalue weighted by Gasteiger charge is 2.24. The van der Waals surface area contributed by atoms with Crippen molar-refractivity contribution in [3.8, 4) is 0 Å². The van der Waals surface area contributed by atoms with Crippen molar-refractivity contribution < 1.29 is 4.39 Å². The summed E-state index contributed by atoms with van der Waals surface area (Å²) in [4.78, 5) is 4.56. The minimum Gasteiger partial charge on any atom is -0.305 e. The van der Waals surface area contributed by atoms with Crippen LogP contribution in [0.2, 0.25) is 0 Å². The second-order valence-corrected chi connectivity index (χ2v) is 5.79. The molecule has 2 nitrogen and oxygen atoms in total. The first-order chi connectivity index (χ1) is 8.06. The number of likely N-dealkylation sites (N-methyl/N-ethyl adjacent to an activating group) is 1. The van der Waals surface area contributed by atoms with Gasteiger partial charge < -0.3 is 4.90 Å². The minimum atomic E-state index is -0.118. The molecular weight excluding hydrogens is 283 g/mol. The van der Waals surface area contributed by atoms with E-state index in [2.05, 4.69) is 39.8 Å². The van der Waals surface area contributed by atoms with Crippen molar-refractivity contribution in [3.05, 3.63) is 34.1 Å². The molecule has 2 rings (SSSR count). The van der Waals surface area contributed by atoms with Crippen LogP contribution in [0.25, 0.3) is 0 Å². The second-order valence-electron chi connectivity index (χ2n) is 4.88. The highest BCUT2D eigenvalue weighted by atomic mass is 79.9. The van der Waals surface area contributed by atoms with Gasteiger partial charge in [0.25, 0.3) is 0 Å². The van der Waals surface area contributed by atoms with Crippen LogP contribution in [0.5, 0.6) is 0 Å². The molecule has 0 aromatic heterocycles. The summed E-state index contributed by atoms with van der Waals surface area (Å²) in [5.41, 5.74) is 0.785. The summed E-state index contributed by atoms with van der Waals surface area (Å²) < 4.78 is 14.5. The topological polar surface area (TPSA) is 6.48 Å². The molecule has 94 valence electrons. The standard InChI is InChI=1S/C13H18BrFN2/c1-16(2)12-5-6-17(9-12)8-10-3-4-11(14)7-13(10)15/h3-4,7,12H,5-6,8-9H2,1-2H3. The monoisotopic (exact) mass is 300 g/mol. The molecule has 0 bridgehead atoms. The molecule has 1 aliphatic heterocycles. The Bertz CT molecular complexity index is 395. The Morgan fingerprint density at radius 3 is 2.82 bits per heavy atom. The molecule has 17 heavy (non-hydrogen) atoms. The molecule has 1 unspecified atom stereocenters. The lowest BCUT2D eigenvalue weighted by atomic mass is 10.2. The fourth-order valence-corrected chi connectivity index (χ4v) is 2.60. The van der Waals surface area contributed by atoms with Crippen LogP contribution >= 0.6 is 15.9 Å². The van der Waals surface area contributed by atoms with Crippen molar-refractivity contribution in [2.75, 3.05) is 27.2 Å². The fraction of sp³-hybridized carbons (Fsp3) is 0.538. The summed E-state index contributed by atoms with van der Waals surface area (Å²) in [5.74, 6) is -0.118. The van der Waals surface area contributed by atoms with Gasteiger partial charge in [0, 0.05) is 35.7 Å². The molecule has 1 aromatic rings. The lowest BCUT2D eigenvalue weighted by Crippen LogP contribution is -2.31. The van der Waals surface area contributed by atoms with Crippen LogP contribution < -0.4 is 0 Å². The maximum absolute atomic E-state index is 13.7. The fourth-order valence-electron chi connectivity index (χ4n) is 2.27. The zero-order valence-corrected chi connectivity index (χ0v) is 11.9. The van der Waals surface area contributed by atoms with Crippen molar-refractivity contribution in [2.24, 2.45) is 0 Å². The van der Waals surface area contributed by atoms with Gasteiger partial charge in [-0.05, 0) is 32.6 Å². The van der Waals surface area contributed by atoms with Gasteiger partial charge in [-0.15, -0.1) is 0 Å². The van der Waals surface area contributed by atoms with Crippen LogP contribution in [0.1, 0.15) is 12.0 Å². The van der Waals surface area contributed by atoms with E-state index in [0.717, 1.165) is 23.1 Å². The Kier molecular flexibility index (Phi) is 4.17. The van der Waals surface area contributed by atoms with Gasteiger partial charge in [0.2, 0.25) is 0 Å². The molecule has 1 aliphatic rings. The maximum Gasteiger partial charge on any atom is 0.128 e. The Morgan fingerprint density at radius 2 is 2.24 bits per heavy atom. The summed E-state index contributed by atoms with van der Waals surface area (Å²) in [5, 5.41) is 0. The second kappa shape index (κ2) is 5.46. The quantitative estimate of drug-likeness (QED) is 0.847. The van der Waals surface area contributed by atoms with Crippen LogP contribution in [0.15, 0.2) is 22.7 Å². The van der Waals surface area contributed by atoms with Gasteiger partial charge in [-0.1, -0.05) is 22.0 Å². The first kappa shape index (κ1) is 13.0. The van der Waals surface area contributed by atoms with Crippen LogP contribution in [-0.2, 0) is 6.54 Å². The smallest absolute Gasteiger partial charge is 0.128 e. The molecule has 1 saturated heterocycles. The Hall–Kier alpha value is -0.450. The van der Waals surface area contributed by atoms with E-state index in [-0.39, 0.29) is 5.82 Å². The lowest BCUT2D eigenvalue weighted by Gasteiger charge is -2.20. The van der Waals surface area contributed by atoms with E-state index in [1.165, 1.54) is 12.5 Å². The Labute approximate surface area is 111 Å². The third-order valence-corrected chi connectivity index (χ3v) is 3.88. The van der Waals surface area contributed by atoms with E-state index in [0.29, 0.717) is 12.6 Å². The normalized spacial score (nSPS) is 21.4. The maximum atomic E-state index is 13.7. The number of rotatable bonds is 3. The molecule has 0 N–H and O–H groups in total. The van der Waals surface area contributed by atoms with Gasteiger partial charge >= 0.3 is 0 Å². The van der Waals surface area contributed by atoms with Crippen LogP contribution in [-0.4, -0.2) is 43.0 Å². The number of hydrogen-bond donors (Lipinski definition) is 0. The average Bonchev–Trinajstić information content (AvgIpc) is 2.71.